The first kappa shape index (κ1) is 16.6. The zero-order valence-electron chi connectivity index (χ0n) is 11.6. The Labute approximate surface area is 134 Å². The number of hydrogen-bond acceptors (Lipinski definition) is 3. The fourth-order valence-corrected chi connectivity index (χ4v) is 3.04. The van der Waals surface area contributed by atoms with Crippen LogP contribution >= 0.6 is 23.2 Å². The van der Waals surface area contributed by atoms with Crippen molar-refractivity contribution in [2.24, 2.45) is 0 Å². The maximum absolute atomic E-state index is 11.8. The van der Waals surface area contributed by atoms with Crippen molar-refractivity contribution in [2.45, 2.75) is 37.9 Å². The minimum atomic E-state index is -0.919. The molecule has 0 aliphatic carbocycles. The molecular formula is C15H19Cl2NO3. The van der Waals surface area contributed by atoms with E-state index in [0.717, 1.165) is 25.9 Å². The molecule has 4 nitrogen and oxygen atoms in total. The third kappa shape index (κ3) is 4.85. The summed E-state index contributed by atoms with van der Waals surface area (Å²) in [6.07, 6.45) is 2.47. The Morgan fingerprint density at radius 1 is 1.43 bits per heavy atom. The topological polar surface area (TPSA) is 58.6 Å². The van der Waals surface area contributed by atoms with Crippen molar-refractivity contribution in [2.75, 3.05) is 13.2 Å². The van der Waals surface area contributed by atoms with Gasteiger partial charge in [0.2, 0.25) is 5.91 Å². The first-order valence-electron chi connectivity index (χ1n) is 7.08. The highest BCUT2D eigenvalue weighted by molar-refractivity contribution is 6.36. The maximum Gasteiger partial charge on any atom is 0.220 e. The number of amides is 1. The molecule has 1 saturated heterocycles. The zero-order chi connectivity index (χ0) is 15.2. The molecule has 2 rings (SSSR count). The minimum Gasteiger partial charge on any atom is -0.386 e. The molecule has 0 radical (unpaired) electrons. The van der Waals surface area contributed by atoms with Crippen molar-refractivity contribution >= 4 is 29.1 Å². The van der Waals surface area contributed by atoms with Gasteiger partial charge >= 0.3 is 0 Å². The van der Waals surface area contributed by atoms with Crippen LogP contribution in [0.15, 0.2) is 18.2 Å². The van der Waals surface area contributed by atoms with Gasteiger partial charge in [0.15, 0.2) is 0 Å². The summed E-state index contributed by atoms with van der Waals surface area (Å²) in [6, 6.07) is 5.03. The second kappa shape index (κ2) is 7.99. The zero-order valence-corrected chi connectivity index (χ0v) is 13.2. The van der Waals surface area contributed by atoms with Gasteiger partial charge in [0.25, 0.3) is 0 Å². The number of rotatable bonds is 6. The number of hydrogen-bond donors (Lipinski definition) is 2. The Bertz CT molecular complexity index is 470. The third-order valence-electron chi connectivity index (χ3n) is 3.54. The lowest BCUT2D eigenvalue weighted by atomic mass is 10.1. The van der Waals surface area contributed by atoms with Gasteiger partial charge in [-0.2, -0.15) is 0 Å². The molecule has 0 bridgehead atoms. The van der Waals surface area contributed by atoms with E-state index in [1.807, 2.05) is 0 Å². The van der Waals surface area contributed by atoms with Crippen LogP contribution in [-0.2, 0) is 9.53 Å². The van der Waals surface area contributed by atoms with Crippen molar-refractivity contribution in [1.29, 1.82) is 0 Å². The van der Waals surface area contributed by atoms with Crippen LogP contribution in [0.3, 0.4) is 0 Å². The second-order valence-electron chi connectivity index (χ2n) is 5.13. The van der Waals surface area contributed by atoms with Crippen molar-refractivity contribution in [3.05, 3.63) is 33.8 Å². The highest BCUT2D eigenvalue weighted by Gasteiger charge is 2.18. The molecular weight excluding hydrogens is 313 g/mol. The predicted molar refractivity (Wildman–Crippen MR) is 82.6 cm³/mol. The Balaban J connectivity index is 1.77. The normalized spacial score (nSPS) is 19.5. The third-order valence-corrected chi connectivity index (χ3v) is 4.20. The number of halogens is 2. The number of ether oxygens (including phenoxy) is 1. The van der Waals surface area contributed by atoms with Gasteiger partial charge in [-0.05, 0) is 31.4 Å². The fraction of sp³-hybridized carbons (Fsp3) is 0.533. The van der Waals surface area contributed by atoms with Crippen LogP contribution in [0.4, 0.5) is 0 Å². The van der Waals surface area contributed by atoms with E-state index in [1.54, 1.807) is 18.2 Å². The molecule has 2 atom stereocenters. The summed E-state index contributed by atoms with van der Waals surface area (Å²) in [4.78, 5) is 11.8. The Hall–Kier alpha value is -0.810. The van der Waals surface area contributed by atoms with Gasteiger partial charge in [0.05, 0.1) is 12.2 Å². The van der Waals surface area contributed by atoms with E-state index in [0.29, 0.717) is 22.0 Å². The number of aliphatic hydroxyl groups is 1. The average Bonchev–Trinajstić information content (AvgIpc) is 2.96. The molecule has 1 aliphatic rings. The number of benzene rings is 1. The molecule has 21 heavy (non-hydrogen) atoms. The Morgan fingerprint density at radius 2 is 2.14 bits per heavy atom. The number of carbonyl (C=O) groups is 1. The molecule has 1 amide bonds. The first-order chi connectivity index (χ1) is 10.1. The van der Waals surface area contributed by atoms with E-state index in [-0.39, 0.29) is 18.6 Å². The van der Waals surface area contributed by atoms with Crippen LogP contribution in [0.5, 0.6) is 0 Å². The van der Waals surface area contributed by atoms with Gasteiger partial charge in [-0.3, -0.25) is 4.79 Å². The van der Waals surface area contributed by atoms with Crippen LogP contribution in [0.1, 0.15) is 37.4 Å². The summed E-state index contributed by atoms with van der Waals surface area (Å²) >= 11 is 12.0. The number of aliphatic hydroxyl groups excluding tert-OH is 1. The molecule has 2 N–H and O–H groups in total. The minimum absolute atomic E-state index is 0.0911. The van der Waals surface area contributed by atoms with E-state index in [1.165, 1.54) is 0 Å². The summed E-state index contributed by atoms with van der Waals surface area (Å²) in [5, 5.41) is 13.6. The van der Waals surface area contributed by atoms with Gasteiger partial charge in [-0.15, -0.1) is 0 Å². The van der Waals surface area contributed by atoms with E-state index < -0.39 is 6.10 Å². The van der Waals surface area contributed by atoms with Crippen molar-refractivity contribution in [3.8, 4) is 0 Å². The molecule has 1 aromatic carbocycles. The van der Waals surface area contributed by atoms with Crippen LogP contribution in [0.25, 0.3) is 0 Å². The summed E-state index contributed by atoms with van der Waals surface area (Å²) in [5.41, 5.74) is 0.445. The van der Waals surface area contributed by atoms with Gasteiger partial charge in [0.1, 0.15) is 0 Å². The number of nitrogens with one attached hydrogen (secondary N) is 1. The van der Waals surface area contributed by atoms with E-state index in [4.69, 9.17) is 27.9 Å². The smallest absolute Gasteiger partial charge is 0.220 e. The summed E-state index contributed by atoms with van der Waals surface area (Å²) in [7, 11) is 0. The maximum atomic E-state index is 11.8. The van der Waals surface area contributed by atoms with Crippen LogP contribution in [-0.4, -0.2) is 30.3 Å². The highest BCUT2D eigenvalue weighted by Crippen LogP contribution is 2.29. The summed E-state index contributed by atoms with van der Waals surface area (Å²) in [5.74, 6) is -0.104. The molecule has 0 aromatic heterocycles. The predicted octanol–water partition coefficient (Wildman–Crippen LogP) is 3.10. The van der Waals surface area contributed by atoms with E-state index in [2.05, 4.69) is 5.32 Å². The van der Waals surface area contributed by atoms with Crippen LogP contribution in [0.2, 0.25) is 10.0 Å². The largest absolute Gasteiger partial charge is 0.386 e. The first-order valence-corrected chi connectivity index (χ1v) is 7.84. The summed E-state index contributed by atoms with van der Waals surface area (Å²) in [6.45, 7) is 0.879. The lowest BCUT2D eigenvalue weighted by Gasteiger charge is -2.15. The van der Waals surface area contributed by atoms with Crippen molar-refractivity contribution < 1.29 is 14.6 Å². The quantitative estimate of drug-likeness (QED) is 0.842. The average molecular weight is 332 g/mol. The molecule has 1 aromatic rings. The summed E-state index contributed by atoms with van der Waals surface area (Å²) < 4.78 is 5.47. The van der Waals surface area contributed by atoms with Gasteiger partial charge in [-0.25, -0.2) is 0 Å². The Kier molecular flexibility index (Phi) is 6.30. The van der Waals surface area contributed by atoms with E-state index in [9.17, 15) is 9.90 Å². The lowest BCUT2D eigenvalue weighted by Crippen LogP contribution is -2.29. The molecule has 1 aliphatic heterocycles. The van der Waals surface area contributed by atoms with Crippen molar-refractivity contribution in [3.63, 3.8) is 0 Å². The molecule has 6 heteroatoms. The highest BCUT2D eigenvalue weighted by atomic mass is 35.5. The second-order valence-corrected chi connectivity index (χ2v) is 5.94. The standard InChI is InChI=1S/C15H19Cl2NO3/c16-11-4-1-5-12(17)15(11)13(19)9-18-14(20)7-6-10-3-2-8-21-10/h1,4-5,10,13,19H,2-3,6-9H2,(H,18,20)/t10-,13-/m0/s1. The molecule has 0 saturated carbocycles. The fourth-order valence-electron chi connectivity index (χ4n) is 2.39. The van der Waals surface area contributed by atoms with Gasteiger partial charge < -0.3 is 15.2 Å². The monoisotopic (exact) mass is 331 g/mol. The molecule has 116 valence electrons. The lowest BCUT2D eigenvalue weighted by molar-refractivity contribution is -0.122. The molecule has 1 heterocycles. The molecule has 1 fully saturated rings. The van der Waals surface area contributed by atoms with Crippen LogP contribution < -0.4 is 5.32 Å². The molecule has 0 unspecified atom stereocenters. The number of carbonyl (C=O) groups excluding carboxylic acids is 1. The van der Waals surface area contributed by atoms with Crippen molar-refractivity contribution in [1.82, 2.24) is 5.32 Å². The van der Waals surface area contributed by atoms with E-state index >= 15 is 0 Å². The SMILES string of the molecule is O=C(CC[C@@H]1CCCO1)NC[C@H](O)c1c(Cl)cccc1Cl. The van der Waals surface area contributed by atoms with Gasteiger partial charge in [-0.1, -0.05) is 29.3 Å². The van der Waals surface area contributed by atoms with Crippen LogP contribution in [0, 0.1) is 0 Å². The Morgan fingerprint density at radius 3 is 2.76 bits per heavy atom. The molecule has 0 spiro atoms. The van der Waals surface area contributed by atoms with Gasteiger partial charge in [0, 0.05) is 35.2 Å².